The van der Waals surface area contributed by atoms with Crippen molar-refractivity contribution in [2.24, 2.45) is 0 Å². The third-order valence-electron chi connectivity index (χ3n) is 2.47. The second-order valence-electron chi connectivity index (χ2n) is 3.89. The fourth-order valence-electron chi connectivity index (χ4n) is 1.49. The maximum absolute atomic E-state index is 13.7. The van der Waals surface area contributed by atoms with Crippen molar-refractivity contribution < 1.29 is 22.7 Å². The maximum Gasteiger partial charge on any atom is 0.182 e. The number of hydrogen-bond acceptors (Lipinski definition) is 4. The van der Waals surface area contributed by atoms with E-state index in [1.54, 1.807) is 6.92 Å². The monoisotopic (exact) mass is 262 g/mol. The molecule has 0 amide bonds. The van der Waals surface area contributed by atoms with E-state index in [2.05, 4.69) is 0 Å². The SMILES string of the molecule is COc1cc(C(C)CO)cc(F)c1S(C)(=O)=O. The standard InChI is InChI=1S/C11H15FO4S/c1-7(6-13)8-4-9(12)11(17(3,14)15)10(5-8)16-2/h4-5,7,13H,6H2,1-3H3. The Morgan fingerprint density at radius 1 is 1.47 bits per heavy atom. The molecule has 0 radical (unpaired) electrons. The van der Waals surface area contributed by atoms with Crippen LogP contribution in [0, 0.1) is 5.82 Å². The lowest BCUT2D eigenvalue weighted by Crippen LogP contribution is -2.07. The van der Waals surface area contributed by atoms with Gasteiger partial charge in [-0.1, -0.05) is 6.92 Å². The zero-order chi connectivity index (χ0) is 13.2. The van der Waals surface area contributed by atoms with E-state index in [1.165, 1.54) is 13.2 Å². The van der Waals surface area contributed by atoms with Crippen LogP contribution in [0.2, 0.25) is 0 Å². The Morgan fingerprint density at radius 2 is 2.06 bits per heavy atom. The van der Waals surface area contributed by atoms with Crippen LogP contribution >= 0.6 is 0 Å². The number of aliphatic hydroxyl groups is 1. The molecule has 0 fully saturated rings. The van der Waals surface area contributed by atoms with Crippen molar-refractivity contribution in [2.75, 3.05) is 20.0 Å². The van der Waals surface area contributed by atoms with Gasteiger partial charge in [-0.3, -0.25) is 0 Å². The Hall–Kier alpha value is -1.14. The molecular formula is C11H15FO4S. The summed E-state index contributed by atoms with van der Waals surface area (Å²) in [4.78, 5) is -0.450. The van der Waals surface area contributed by atoms with Crippen molar-refractivity contribution >= 4 is 9.84 Å². The summed E-state index contributed by atoms with van der Waals surface area (Å²) in [7, 11) is -2.41. The predicted octanol–water partition coefficient (Wildman–Crippen LogP) is 1.33. The smallest absolute Gasteiger partial charge is 0.182 e. The van der Waals surface area contributed by atoms with Gasteiger partial charge in [0.05, 0.1) is 7.11 Å². The van der Waals surface area contributed by atoms with E-state index in [4.69, 9.17) is 9.84 Å². The zero-order valence-corrected chi connectivity index (χ0v) is 10.7. The summed E-state index contributed by atoms with van der Waals surface area (Å²) in [5, 5.41) is 8.99. The molecule has 6 heteroatoms. The minimum absolute atomic E-state index is 0.0391. The largest absolute Gasteiger partial charge is 0.495 e. The minimum Gasteiger partial charge on any atom is -0.495 e. The number of sulfone groups is 1. The molecule has 0 saturated carbocycles. The van der Waals surface area contributed by atoms with Crippen LogP contribution in [0.3, 0.4) is 0 Å². The summed E-state index contributed by atoms with van der Waals surface area (Å²) < 4.78 is 41.5. The summed E-state index contributed by atoms with van der Waals surface area (Å²) in [6.45, 7) is 1.55. The first-order chi connectivity index (χ1) is 7.81. The lowest BCUT2D eigenvalue weighted by atomic mass is 10.0. The predicted molar refractivity (Wildman–Crippen MR) is 61.6 cm³/mol. The molecule has 1 unspecified atom stereocenters. The Kier molecular flexibility index (Phi) is 4.11. The third-order valence-corrected chi connectivity index (χ3v) is 3.60. The molecule has 0 aliphatic heterocycles. The van der Waals surface area contributed by atoms with Crippen LogP contribution in [0.25, 0.3) is 0 Å². The lowest BCUT2D eigenvalue weighted by molar-refractivity contribution is 0.272. The van der Waals surface area contributed by atoms with E-state index >= 15 is 0 Å². The first-order valence-electron chi connectivity index (χ1n) is 4.99. The summed E-state index contributed by atoms with van der Waals surface area (Å²) in [6.07, 6.45) is 0.920. The Bertz CT molecular complexity index is 510. The molecule has 96 valence electrons. The average molecular weight is 262 g/mol. The second kappa shape index (κ2) is 5.01. The van der Waals surface area contributed by atoms with Crippen LogP contribution in [0.1, 0.15) is 18.4 Å². The molecule has 4 nitrogen and oxygen atoms in total. The first kappa shape index (κ1) is 13.9. The van der Waals surface area contributed by atoms with Gasteiger partial charge in [0, 0.05) is 18.8 Å². The van der Waals surface area contributed by atoms with Crippen LogP contribution in [-0.4, -0.2) is 33.5 Å². The number of rotatable bonds is 4. The minimum atomic E-state index is -3.69. The number of ether oxygens (including phenoxy) is 1. The van der Waals surface area contributed by atoms with E-state index < -0.39 is 20.5 Å². The van der Waals surface area contributed by atoms with Crippen LogP contribution in [-0.2, 0) is 9.84 Å². The first-order valence-corrected chi connectivity index (χ1v) is 6.88. The lowest BCUT2D eigenvalue weighted by Gasteiger charge is -2.13. The molecule has 0 spiro atoms. The maximum atomic E-state index is 13.7. The van der Waals surface area contributed by atoms with Crippen LogP contribution < -0.4 is 4.74 Å². The van der Waals surface area contributed by atoms with Gasteiger partial charge in [-0.2, -0.15) is 0 Å². The molecule has 0 bridgehead atoms. The Balaban J connectivity index is 3.47. The summed E-state index contributed by atoms with van der Waals surface area (Å²) in [5.41, 5.74) is 0.495. The van der Waals surface area contributed by atoms with Gasteiger partial charge in [0.25, 0.3) is 0 Å². The highest BCUT2D eigenvalue weighted by molar-refractivity contribution is 7.90. The fourth-order valence-corrected chi connectivity index (χ4v) is 2.41. The van der Waals surface area contributed by atoms with Crippen molar-refractivity contribution in [1.29, 1.82) is 0 Å². The highest BCUT2D eigenvalue weighted by Crippen LogP contribution is 2.30. The second-order valence-corrected chi connectivity index (χ2v) is 5.84. The van der Waals surface area contributed by atoms with E-state index in [0.717, 1.165) is 12.3 Å². The van der Waals surface area contributed by atoms with E-state index in [-0.39, 0.29) is 18.3 Å². The van der Waals surface area contributed by atoms with Crippen molar-refractivity contribution in [1.82, 2.24) is 0 Å². The molecule has 0 aromatic heterocycles. The van der Waals surface area contributed by atoms with Gasteiger partial charge in [-0.15, -0.1) is 0 Å². The molecule has 0 saturated heterocycles. The van der Waals surface area contributed by atoms with E-state index in [9.17, 15) is 12.8 Å². The molecule has 0 aliphatic rings. The Labute approximate surface area is 100.0 Å². The van der Waals surface area contributed by atoms with Gasteiger partial charge in [0.15, 0.2) is 9.84 Å². The molecule has 1 atom stereocenters. The van der Waals surface area contributed by atoms with Crippen molar-refractivity contribution in [3.05, 3.63) is 23.5 Å². The molecule has 0 heterocycles. The zero-order valence-electron chi connectivity index (χ0n) is 9.90. The molecular weight excluding hydrogens is 247 g/mol. The van der Waals surface area contributed by atoms with Crippen molar-refractivity contribution in [3.63, 3.8) is 0 Å². The number of halogens is 1. The molecule has 1 aromatic carbocycles. The van der Waals surface area contributed by atoms with Gasteiger partial charge in [-0.05, 0) is 17.7 Å². The van der Waals surface area contributed by atoms with Crippen molar-refractivity contribution in [3.8, 4) is 5.75 Å². The molecule has 1 N–H and O–H groups in total. The van der Waals surface area contributed by atoms with E-state index in [0.29, 0.717) is 5.56 Å². The number of methoxy groups -OCH3 is 1. The van der Waals surface area contributed by atoms with Gasteiger partial charge >= 0.3 is 0 Å². The third kappa shape index (κ3) is 2.95. The van der Waals surface area contributed by atoms with E-state index in [1.807, 2.05) is 0 Å². The van der Waals surface area contributed by atoms with Crippen LogP contribution in [0.5, 0.6) is 5.75 Å². The fraction of sp³-hybridized carbons (Fsp3) is 0.455. The topological polar surface area (TPSA) is 63.6 Å². The van der Waals surface area contributed by atoms with Crippen LogP contribution in [0.15, 0.2) is 17.0 Å². The number of aliphatic hydroxyl groups excluding tert-OH is 1. The average Bonchev–Trinajstić information content (AvgIpc) is 2.24. The number of benzene rings is 1. The molecule has 0 aliphatic carbocycles. The normalized spacial score (nSPS) is 13.5. The quantitative estimate of drug-likeness (QED) is 0.889. The summed E-state index contributed by atoms with van der Waals surface area (Å²) in [6, 6.07) is 2.54. The van der Waals surface area contributed by atoms with Gasteiger partial charge in [0.1, 0.15) is 16.5 Å². The van der Waals surface area contributed by atoms with Crippen LogP contribution in [0.4, 0.5) is 4.39 Å². The van der Waals surface area contributed by atoms with Crippen molar-refractivity contribution in [2.45, 2.75) is 17.7 Å². The molecule has 17 heavy (non-hydrogen) atoms. The van der Waals surface area contributed by atoms with Gasteiger partial charge in [-0.25, -0.2) is 12.8 Å². The molecule has 1 aromatic rings. The number of hydrogen-bond donors (Lipinski definition) is 1. The molecule has 1 rings (SSSR count). The summed E-state index contributed by atoms with van der Waals surface area (Å²) >= 11 is 0. The summed E-state index contributed by atoms with van der Waals surface area (Å²) in [5.74, 6) is -1.18. The highest BCUT2D eigenvalue weighted by Gasteiger charge is 2.22. The Morgan fingerprint density at radius 3 is 2.47 bits per heavy atom. The highest BCUT2D eigenvalue weighted by atomic mass is 32.2. The van der Waals surface area contributed by atoms with Gasteiger partial charge < -0.3 is 9.84 Å². The van der Waals surface area contributed by atoms with Gasteiger partial charge in [0.2, 0.25) is 0 Å².